The fourth-order valence-electron chi connectivity index (χ4n) is 1.86. The summed E-state index contributed by atoms with van der Waals surface area (Å²) in [6.45, 7) is 0. The Morgan fingerprint density at radius 2 is 2.27 bits per heavy atom. The van der Waals surface area contributed by atoms with Crippen LogP contribution < -0.4 is 5.32 Å². The lowest BCUT2D eigenvalue weighted by molar-refractivity contribution is -0.111. The number of halogens is 1. The number of carbonyl (C=O) groups excluding carboxylic acids is 1. The molecule has 0 saturated heterocycles. The van der Waals surface area contributed by atoms with Gasteiger partial charge >= 0.3 is 0 Å². The van der Waals surface area contributed by atoms with E-state index in [0.29, 0.717) is 5.69 Å². The molecule has 7 heteroatoms. The second kappa shape index (κ2) is 6.67. The fraction of sp³-hybridized carbons (Fsp3) is 0. The molecule has 1 aromatic carbocycles. The Morgan fingerprint density at radius 1 is 1.36 bits per heavy atom. The second-order valence-electron chi connectivity index (χ2n) is 4.34. The first-order valence-electron chi connectivity index (χ1n) is 6.39. The van der Waals surface area contributed by atoms with Gasteiger partial charge in [0.05, 0.1) is 11.4 Å². The van der Waals surface area contributed by atoms with E-state index >= 15 is 0 Å². The highest BCUT2D eigenvalue weighted by atomic mass is 79.9. The van der Waals surface area contributed by atoms with Gasteiger partial charge in [-0.05, 0) is 35.7 Å². The van der Waals surface area contributed by atoms with Gasteiger partial charge in [0, 0.05) is 15.4 Å². The lowest BCUT2D eigenvalue weighted by atomic mass is 10.2. The molecule has 1 N–H and O–H groups in total. The second-order valence-corrected chi connectivity index (χ2v) is 6.23. The minimum atomic E-state index is -0.201. The van der Waals surface area contributed by atoms with Crippen LogP contribution in [0.15, 0.2) is 58.9 Å². The maximum Gasteiger partial charge on any atom is 0.248 e. The summed E-state index contributed by atoms with van der Waals surface area (Å²) >= 11 is 4.99. The van der Waals surface area contributed by atoms with E-state index in [4.69, 9.17) is 0 Å². The van der Waals surface area contributed by atoms with Crippen molar-refractivity contribution < 1.29 is 4.79 Å². The van der Waals surface area contributed by atoms with Crippen LogP contribution in [0.1, 0.15) is 4.88 Å². The Kier molecular flexibility index (Phi) is 4.45. The summed E-state index contributed by atoms with van der Waals surface area (Å²) in [4.78, 5) is 17.0. The topological polar surface area (TPSA) is 59.8 Å². The molecule has 0 unspecified atom stereocenters. The number of hydrogen-bond donors (Lipinski definition) is 1. The predicted octanol–water partition coefficient (Wildman–Crippen LogP) is 3.74. The van der Waals surface area contributed by atoms with E-state index in [2.05, 4.69) is 31.3 Å². The van der Waals surface area contributed by atoms with Crippen molar-refractivity contribution in [3.8, 4) is 5.69 Å². The quantitative estimate of drug-likeness (QED) is 0.707. The Hall–Kier alpha value is -2.25. The van der Waals surface area contributed by atoms with E-state index in [-0.39, 0.29) is 5.91 Å². The van der Waals surface area contributed by atoms with Gasteiger partial charge in [0.1, 0.15) is 12.7 Å². The summed E-state index contributed by atoms with van der Waals surface area (Å²) in [5, 5.41) is 8.92. The van der Waals surface area contributed by atoms with Gasteiger partial charge in [-0.15, -0.1) is 11.3 Å². The molecule has 1 amide bonds. The molecule has 0 radical (unpaired) electrons. The number of aromatic nitrogens is 3. The summed E-state index contributed by atoms with van der Waals surface area (Å²) in [5.74, 6) is -0.201. The largest absolute Gasteiger partial charge is 0.321 e. The summed E-state index contributed by atoms with van der Waals surface area (Å²) in [6.07, 6.45) is 6.33. The first-order chi connectivity index (χ1) is 10.7. The number of thiophene rings is 1. The van der Waals surface area contributed by atoms with E-state index in [1.54, 1.807) is 28.4 Å². The van der Waals surface area contributed by atoms with Crippen molar-refractivity contribution in [3.63, 3.8) is 0 Å². The van der Waals surface area contributed by atoms with E-state index < -0.39 is 0 Å². The SMILES string of the molecule is O=C(/C=C/c1cccs1)Nc1cc(Br)ccc1-n1cncn1. The Labute approximate surface area is 139 Å². The molecule has 2 heterocycles. The summed E-state index contributed by atoms with van der Waals surface area (Å²) in [6, 6.07) is 9.47. The van der Waals surface area contributed by atoms with Crippen molar-refractivity contribution in [2.75, 3.05) is 5.32 Å². The van der Waals surface area contributed by atoms with E-state index in [9.17, 15) is 4.79 Å². The van der Waals surface area contributed by atoms with Gasteiger partial charge in [-0.1, -0.05) is 22.0 Å². The van der Waals surface area contributed by atoms with Crippen molar-refractivity contribution >= 4 is 44.9 Å². The lowest BCUT2D eigenvalue weighted by Gasteiger charge is -2.10. The van der Waals surface area contributed by atoms with Crippen molar-refractivity contribution in [2.45, 2.75) is 0 Å². The van der Waals surface area contributed by atoms with Gasteiger partial charge in [-0.2, -0.15) is 5.10 Å². The van der Waals surface area contributed by atoms with Crippen LogP contribution in [0.4, 0.5) is 5.69 Å². The molecule has 22 heavy (non-hydrogen) atoms. The van der Waals surface area contributed by atoms with Crippen molar-refractivity contribution in [2.24, 2.45) is 0 Å². The Morgan fingerprint density at radius 3 is 3.00 bits per heavy atom. The molecule has 2 aromatic heterocycles. The highest BCUT2D eigenvalue weighted by Gasteiger charge is 2.08. The van der Waals surface area contributed by atoms with Crippen LogP contribution in [0.2, 0.25) is 0 Å². The summed E-state index contributed by atoms with van der Waals surface area (Å²) in [5.41, 5.74) is 1.40. The molecule has 110 valence electrons. The smallest absolute Gasteiger partial charge is 0.248 e. The fourth-order valence-corrected chi connectivity index (χ4v) is 2.84. The number of nitrogens with one attached hydrogen (secondary N) is 1. The average molecular weight is 375 g/mol. The molecule has 0 spiro atoms. The molecule has 0 aliphatic rings. The first-order valence-corrected chi connectivity index (χ1v) is 8.07. The number of amides is 1. The minimum absolute atomic E-state index is 0.201. The molecule has 3 rings (SSSR count). The molecule has 5 nitrogen and oxygen atoms in total. The van der Waals surface area contributed by atoms with E-state index in [1.165, 1.54) is 12.4 Å². The van der Waals surface area contributed by atoms with Gasteiger partial charge in [-0.3, -0.25) is 4.79 Å². The molecular formula is C15H11BrN4OS. The summed E-state index contributed by atoms with van der Waals surface area (Å²) < 4.78 is 2.47. The van der Waals surface area contributed by atoms with Gasteiger partial charge in [-0.25, -0.2) is 9.67 Å². The minimum Gasteiger partial charge on any atom is -0.321 e. The maximum absolute atomic E-state index is 12.1. The van der Waals surface area contributed by atoms with Crippen molar-refractivity contribution in [1.29, 1.82) is 0 Å². The van der Waals surface area contributed by atoms with Gasteiger partial charge in [0.25, 0.3) is 0 Å². The normalized spacial score (nSPS) is 11.0. The zero-order valence-electron chi connectivity index (χ0n) is 11.3. The third kappa shape index (κ3) is 3.49. The highest BCUT2D eigenvalue weighted by Crippen LogP contribution is 2.24. The van der Waals surface area contributed by atoms with Crippen LogP contribution in [0.3, 0.4) is 0 Å². The van der Waals surface area contributed by atoms with Crippen LogP contribution >= 0.6 is 27.3 Å². The molecular weight excluding hydrogens is 364 g/mol. The van der Waals surface area contributed by atoms with Gasteiger partial charge < -0.3 is 5.32 Å². The predicted molar refractivity (Wildman–Crippen MR) is 91.0 cm³/mol. The first kappa shape index (κ1) is 14.7. The van der Waals surface area contributed by atoms with Crippen LogP contribution in [-0.4, -0.2) is 20.7 Å². The number of nitrogens with zero attached hydrogens (tertiary/aromatic N) is 3. The molecule has 0 aliphatic carbocycles. The maximum atomic E-state index is 12.1. The summed E-state index contributed by atoms with van der Waals surface area (Å²) in [7, 11) is 0. The highest BCUT2D eigenvalue weighted by molar-refractivity contribution is 9.10. The van der Waals surface area contributed by atoms with Gasteiger partial charge in [0.15, 0.2) is 0 Å². The van der Waals surface area contributed by atoms with Crippen molar-refractivity contribution in [1.82, 2.24) is 14.8 Å². The third-order valence-electron chi connectivity index (χ3n) is 2.82. The number of rotatable bonds is 4. The number of carbonyl (C=O) groups is 1. The van der Waals surface area contributed by atoms with E-state index in [1.807, 2.05) is 35.7 Å². The number of benzene rings is 1. The monoisotopic (exact) mass is 374 g/mol. The lowest BCUT2D eigenvalue weighted by Crippen LogP contribution is -2.11. The molecule has 3 aromatic rings. The standard InChI is InChI=1S/C15H11BrN4OS/c16-11-3-5-14(20-10-17-9-18-20)13(8-11)19-15(21)6-4-12-2-1-7-22-12/h1-10H,(H,19,21)/b6-4+. The molecule has 0 fully saturated rings. The van der Waals surface area contributed by atoms with Crippen LogP contribution in [0, 0.1) is 0 Å². The van der Waals surface area contributed by atoms with Crippen LogP contribution in [-0.2, 0) is 4.79 Å². The zero-order chi connectivity index (χ0) is 15.4. The molecule has 0 aliphatic heterocycles. The molecule has 0 atom stereocenters. The van der Waals surface area contributed by atoms with Crippen LogP contribution in [0.5, 0.6) is 0 Å². The molecule has 0 bridgehead atoms. The molecule has 0 saturated carbocycles. The Bertz CT molecular complexity index is 797. The van der Waals surface area contributed by atoms with Crippen molar-refractivity contribution in [3.05, 3.63) is 63.8 Å². The average Bonchev–Trinajstić information content (AvgIpc) is 3.19. The zero-order valence-corrected chi connectivity index (χ0v) is 13.7. The number of hydrogen-bond acceptors (Lipinski definition) is 4. The van der Waals surface area contributed by atoms with E-state index in [0.717, 1.165) is 15.0 Å². The number of anilines is 1. The van der Waals surface area contributed by atoms with Crippen LogP contribution in [0.25, 0.3) is 11.8 Å². The third-order valence-corrected chi connectivity index (χ3v) is 4.15. The van der Waals surface area contributed by atoms with Gasteiger partial charge in [0.2, 0.25) is 5.91 Å². The Balaban J connectivity index is 1.82.